The number of nitrogens with zero attached hydrogens (tertiary/aromatic N) is 2. The van der Waals surface area contributed by atoms with E-state index in [4.69, 9.17) is 11.6 Å². The molecular formula is C22H27ClN2. The van der Waals surface area contributed by atoms with Gasteiger partial charge in [0.2, 0.25) is 0 Å². The highest BCUT2D eigenvalue weighted by Crippen LogP contribution is 2.44. The second-order valence-electron chi connectivity index (χ2n) is 7.27. The zero-order chi connectivity index (χ0) is 17.1. The van der Waals surface area contributed by atoms with E-state index >= 15 is 0 Å². The van der Waals surface area contributed by atoms with Crippen molar-refractivity contribution >= 4 is 23.0 Å². The van der Waals surface area contributed by atoms with Crippen LogP contribution in [0.15, 0.2) is 54.6 Å². The van der Waals surface area contributed by atoms with E-state index in [0.717, 1.165) is 13.1 Å². The summed E-state index contributed by atoms with van der Waals surface area (Å²) in [6.45, 7) is 0.987. The van der Waals surface area contributed by atoms with Crippen LogP contribution in [0.5, 0.6) is 0 Å². The van der Waals surface area contributed by atoms with Crippen LogP contribution in [-0.2, 0) is 0 Å². The molecule has 2 nitrogen and oxygen atoms in total. The van der Waals surface area contributed by atoms with Gasteiger partial charge in [-0.3, -0.25) is 0 Å². The number of alkyl halides is 1. The standard InChI is InChI=1S/C22H27ClN2/c23-16-15-20(18-9-3-1-4-10-18)25-17-24(19-11-5-2-6-12-19)21-13-7-8-14-22(21)25/h1,3-4,7-10,13-14,19-20H,2,5-6,11-12,15-17H2/t20-/m1/s1. The average Bonchev–Trinajstić information content (AvgIpc) is 3.07. The molecule has 25 heavy (non-hydrogen) atoms. The molecular weight excluding hydrogens is 328 g/mol. The van der Waals surface area contributed by atoms with Gasteiger partial charge in [0.25, 0.3) is 0 Å². The van der Waals surface area contributed by atoms with Gasteiger partial charge in [-0.1, -0.05) is 61.7 Å². The number of fused-ring (bicyclic) bond motifs is 1. The summed E-state index contributed by atoms with van der Waals surface area (Å²) in [5.74, 6) is 0.682. The van der Waals surface area contributed by atoms with E-state index in [1.165, 1.54) is 49.0 Å². The van der Waals surface area contributed by atoms with Crippen molar-refractivity contribution in [3.8, 4) is 0 Å². The molecule has 1 atom stereocenters. The lowest BCUT2D eigenvalue weighted by Crippen LogP contribution is -2.41. The molecule has 4 rings (SSSR count). The fraction of sp³-hybridized carbons (Fsp3) is 0.455. The number of halogens is 1. The molecule has 1 heterocycles. The van der Waals surface area contributed by atoms with Gasteiger partial charge in [-0.25, -0.2) is 0 Å². The molecule has 0 spiro atoms. The van der Waals surface area contributed by atoms with Crippen LogP contribution >= 0.6 is 11.6 Å². The van der Waals surface area contributed by atoms with Crippen molar-refractivity contribution in [2.24, 2.45) is 0 Å². The van der Waals surface area contributed by atoms with Gasteiger partial charge in [0.05, 0.1) is 24.1 Å². The molecule has 0 unspecified atom stereocenters. The highest BCUT2D eigenvalue weighted by Gasteiger charge is 2.34. The monoisotopic (exact) mass is 354 g/mol. The molecule has 0 aromatic heterocycles. The number of hydrogen-bond donors (Lipinski definition) is 0. The molecule has 0 saturated heterocycles. The molecule has 0 radical (unpaired) electrons. The van der Waals surface area contributed by atoms with Crippen LogP contribution in [-0.4, -0.2) is 18.6 Å². The quantitative estimate of drug-likeness (QED) is 0.610. The Morgan fingerprint density at radius 3 is 2.28 bits per heavy atom. The second-order valence-corrected chi connectivity index (χ2v) is 7.64. The Morgan fingerprint density at radius 1 is 0.880 bits per heavy atom. The third kappa shape index (κ3) is 3.37. The maximum Gasteiger partial charge on any atom is 0.0913 e. The zero-order valence-corrected chi connectivity index (χ0v) is 15.5. The lowest BCUT2D eigenvalue weighted by molar-refractivity contribution is 0.414. The summed E-state index contributed by atoms with van der Waals surface area (Å²) >= 11 is 6.20. The van der Waals surface area contributed by atoms with Gasteiger partial charge < -0.3 is 9.80 Å². The predicted molar refractivity (Wildman–Crippen MR) is 108 cm³/mol. The molecule has 1 aliphatic heterocycles. The highest BCUT2D eigenvalue weighted by atomic mass is 35.5. The summed E-state index contributed by atoms with van der Waals surface area (Å²) in [4.78, 5) is 5.22. The van der Waals surface area contributed by atoms with Crippen LogP contribution in [0.25, 0.3) is 0 Å². The van der Waals surface area contributed by atoms with Crippen LogP contribution in [0.1, 0.15) is 50.1 Å². The van der Waals surface area contributed by atoms with Crippen molar-refractivity contribution in [2.45, 2.75) is 50.6 Å². The van der Waals surface area contributed by atoms with Crippen LogP contribution in [0.2, 0.25) is 0 Å². The van der Waals surface area contributed by atoms with E-state index in [1.54, 1.807) is 0 Å². The van der Waals surface area contributed by atoms with Crippen molar-refractivity contribution in [2.75, 3.05) is 22.3 Å². The fourth-order valence-electron chi connectivity index (χ4n) is 4.52. The largest absolute Gasteiger partial charge is 0.349 e. The molecule has 1 saturated carbocycles. The van der Waals surface area contributed by atoms with Crippen LogP contribution in [0, 0.1) is 0 Å². The van der Waals surface area contributed by atoms with Crippen molar-refractivity contribution in [3.05, 3.63) is 60.2 Å². The van der Waals surface area contributed by atoms with E-state index in [1.807, 2.05) is 0 Å². The molecule has 1 fully saturated rings. The SMILES string of the molecule is ClCC[C@H](c1ccccc1)N1CN(C2CCCCC2)c2ccccc21. The summed E-state index contributed by atoms with van der Waals surface area (Å²) < 4.78 is 0. The average molecular weight is 355 g/mol. The van der Waals surface area contributed by atoms with E-state index < -0.39 is 0 Å². The molecule has 2 aromatic rings. The topological polar surface area (TPSA) is 6.48 Å². The first-order valence-electron chi connectivity index (χ1n) is 9.61. The predicted octanol–water partition coefficient (Wildman–Crippen LogP) is 5.97. The molecule has 132 valence electrons. The van der Waals surface area contributed by atoms with E-state index in [0.29, 0.717) is 18.0 Å². The molecule has 2 aromatic carbocycles. The van der Waals surface area contributed by atoms with Crippen LogP contribution < -0.4 is 9.80 Å². The Kier molecular flexibility index (Phi) is 5.17. The minimum atomic E-state index is 0.341. The van der Waals surface area contributed by atoms with Crippen molar-refractivity contribution in [1.29, 1.82) is 0 Å². The number of hydrogen-bond acceptors (Lipinski definition) is 2. The normalized spacial score (nSPS) is 19.1. The Balaban J connectivity index is 1.67. The Labute approximate surface area is 156 Å². The maximum atomic E-state index is 6.20. The third-order valence-electron chi connectivity index (χ3n) is 5.76. The number of benzene rings is 2. The van der Waals surface area contributed by atoms with Gasteiger partial charge in [-0.05, 0) is 37.0 Å². The first-order valence-corrected chi connectivity index (χ1v) is 10.1. The first-order chi connectivity index (χ1) is 12.4. The summed E-state index contributed by atoms with van der Waals surface area (Å²) in [5, 5.41) is 0. The van der Waals surface area contributed by atoms with Gasteiger partial charge in [0.15, 0.2) is 0 Å². The minimum absolute atomic E-state index is 0.341. The second kappa shape index (κ2) is 7.70. The van der Waals surface area contributed by atoms with Crippen LogP contribution in [0.4, 0.5) is 11.4 Å². The Bertz CT molecular complexity index is 681. The Morgan fingerprint density at radius 2 is 1.56 bits per heavy atom. The number of anilines is 2. The highest BCUT2D eigenvalue weighted by molar-refractivity contribution is 6.17. The molecule has 2 aliphatic rings. The van der Waals surface area contributed by atoms with Crippen molar-refractivity contribution < 1.29 is 0 Å². The van der Waals surface area contributed by atoms with Gasteiger partial charge in [0, 0.05) is 11.9 Å². The smallest absolute Gasteiger partial charge is 0.0913 e. The summed E-state index contributed by atoms with van der Waals surface area (Å²) in [6, 6.07) is 20.8. The first kappa shape index (κ1) is 16.8. The zero-order valence-electron chi connectivity index (χ0n) is 14.8. The van der Waals surface area contributed by atoms with Crippen molar-refractivity contribution in [1.82, 2.24) is 0 Å². The molecule has 1 aliphatic carbocycles. The van der Waals surface area contributed by atoms with Gasteiger partial charge in [-0.15, -0.1) is 11.6 Å². The maximum absolute atomic E-state index is 6.20. The summed E-state index contributed by atoms with van der Waals surface area (Å²) in [6.07, 6.45) is 7.76. The number of para-hydroxylation sites is 2. The number of rotatable bonds is 5. The van der Waals surface area contributed by atoms with Gasteiger partial charge in [0.1, 0.15) is 0 Å². The fourth-order valence-corrected chi connectivity index (χ4v) is 4.73. The Hall–Kier alpha value is -1.67. The van der Waals surface area contributed by atoms with Crippen molar-refractivity contribution in [3.63, 3.8) is 0 Å². The molecule has 0 bridgehead atoms. The minimum Gasteiger partial charge on any atom is -0.349 e. The lowest BCUT2D eigenvalue weighted by atomic mass is 9.94. The molecule has 0 amide bonds. The molecule has 3 heteroatoms. The lowest BCUT2D eigenvalue weighted by Gasteiger charge is -2.35. The van der Waals surface area contributed by atoms with E-state index in [9.17, 15) is 0 Å². The molecule has 0 N–H and O–H groups in total. The van der Waals surface area contributed by atoms with Crippen LogP contribution in [0.3, 0.4) is 0 Å². The summed E-state index contributed by atoms with van der Waals surface area (Å²) in [7, 11) is 0. The van der Waals surface area contributed by atoms with Gasteiger partial charge >= 0.3 is 0 Å². The van der Waals surface area contributed by atoms with E-state index in [-0.39, 0.29) is 0 Å². The van der Waals surface area contributed by atoms with E-state index in [2.05, 4.69) is 64.4 Å². The summed E-state index contributed by atoms with van der Waals surface area (Å²) in [5.41, 5.74) is 4.14. The van der Waals surface area contributed by atoms with Gasteiger partial charge in [-0.2, -0.15) is 0 Å². The third-order valence-corrected chi connectivity index (χ3v) is 5.98.